The van der Waals surface area contributed by atoms with E-state index in [1.807, 2.05) is 36.6 Å². The molecule has 0 radical (unpaired) electrons. The SMILES string of the molecule is Cc1cc(NC(=O)CNc2cccc(-c3nc(C)cs3)c2)on1. The maximum absolute atomic E-state index is 11.9. The number of nitrogens with zero attached hydrogens (tertiary/aromatic N) is 2. The molecule has 23 heavy (non-hydrogen) atoms. The summed E-state index contributed by atoms with van der Waals surface area (Å²) in [5.41, 5.74) is 3.61. The zero-order valence-corrected chi connectivity index (χ0v) is 13.6. The lowest BCUT2D eigenvalue weighted by molar-refractivity contribution is -0.114. The summed E-state index contributed by atoms with van der Waals surface area (Å²) in [5, 5.41) is 12.4. The average Bonchev–Trinajstić information content (AvgIpc) is 3.14. The van der Waals surface area contributed by atoms with Crippen LogP contribution >= 0.6 is 11.3 Å². The summed E-state index contributed by atoms with van der Waals surface area (Å²) >= 11 is 1.60. The van der Waals surface area contributed by atoms with Crippen LogP contribution in [-0.4, -0.2) is 22.6 Å². The molecule has 2 heterocycles. The van der Waals surface area contributed by atoms with Crippen LogP contribution in [0.5, 0.6) is 0 Å². The number of benzene rings is 1. The van der Waals surface area contributed by atoms with Gasteiger partial charge in [-0.25, -0.2) is 4.98 Å². The highest BCUT2D eigenvalue weighted by molar-refractivity contribution is 7.13. The number of rotatable bonds is 5. The second-order valence-corrected chi connectivity index (χ2v) is 5.97. The number of aryl methyl sites for hydroxylation is 2. The third kappa shape index (κ3) is 3.95. The maximum atomic E-state index is 11.9. The van der Waals surface area contributed by atoms with E-state index in [1.165, 1.54) is 0 Å². The molecule has 0 fully saturated rings. The quantitative estimate of drug-likeness (QED) is 0.749. The van der Waals surface area contributed by atoms with Crippen molar-refractivity contribution in [2.24, 2.45) is 0 Å². The summed E-state index contributed by atoms with van der Waals surface area (Å²) in [4.78, 5) is 16.3. The smallest absolute Gasteiger partial charge is 0.246 e. The standard InChI is InChI=1S/C16H16N4O2S/c1-10-6-15(22-20-10)19-14(21)8-17-13-5-3-4-12(7-13)16-18-11(2)9-23-16/h3-7,9,17H,8H2,1-2H3,(H,19,21). The van der Waals surface area contributed by atoms with Crippen LogP contribution in [0.1, 0.15) is 11.4 Å². The molecule has 0 saturated heterocycles. The Hall–Kier alpha value is -2.67. The number of amides is 1. The predicted molar refractivity (Wildman–Crippen MR) is 90.6 cm³/mol. The van der Waals surface area contributed by atoms with E-state index in [0.29, 0.717) is 5.88 Å². The molecular formula is C16H16N4O2S. The van der Waals surface area contributed by atoms with Gasteiger partial charge in [0, 0.05) is 28.4 Å². The van der Waals surface area contributed by atoms with Crippen molar-refractivity contribution >= 4 is 28.8 Å². The fraction of sp³-hybridized carbons (Fsp3) is 0.188. The van der Waals surface area contributed by atoms with Crippen LogP contribution in [0.3, 0.4) is 0 Å². The Balaban J connectivity index is 1.61. The van der Waals surface area contributed by atoms with Crippen LogP contribution in [0.25, 0.3) is 10.6 Å². The van der Waals surface area contributed by atoms with Crippen molar-refractivity contribution in [3.05, 3.63) is 47.1 Å². The van der Waals surface area contributed by atoms with Crippen molar-refractivity contribution in [2.75, 3.05) is 17.2 Å². The van der Waals surface area contributed by atoms with Gasteiger partial charge in [0.2, 0.25) is 11.8 Å². The lowest BCUT2D eigenvalue weighted by Crippen LogP contribution is -2.21. The second-order valence-electron chi connectivity index (χ2n) is 5.11. The Labute approximate surface area is 137 Å². The van der Waals surface area contributed by atoms with E-state index in [2.05, 4.69) is 20.8 Å². The molecule has 0 spiro atoms. The first-order chi connectivity index (χ1) is 11.1. The highest BCUT2D eigenvalue weighted by atomic mass is 32.1. The topological polar surface area (TPSA) is 80.0 Å². The van der Waals surface area contributed by atoms with E-state index in [1.54, 1.807) is 24.3 Å². The number of nitrogens with one attached hydrogen (secondary N) is 2. The number of hydrogen-bond donors (Lipinski definition) is 2. The molecule has 0 atom stereocenters. The molecule has 2 N–H and O–H groups in total. The van der Waals surface area contributed by atoms with E-state index in [4.69, 9.17) is 4.52 Å². The Morgan fingerprint density at radius 1 is 1.26 bits per heavy atom. The van der Waals surface area contributed by atoms with Crippen LogP contribution in [0, 0.1) is 13.8 Å². The minimum atomic E-state index is -0.198. The molecule has 0 aliphatic carbocycles. The first-order valence-electron chi connectivity index (χ1n) is 7.10. The molecule has 1 amide bonds. The summed E-state index contributed by atoms with van der Waals surface area (Å²) in [5.74, 6) is 0.151. The minimum Gasteiger partial charge on any atom is -0.376 e. The number of anilines is 2. The zero-order chi connectivity index (χ0) is 16.2. The van der Waals surface area contributed by atoms with E-state index in [-0.39, 0.29) is 12.5 Å². The molecule has 2 aromatic heterocycles. The van der Waals surface area contributed by atoms with Crippen LogP contribution in [0.2, 0.25) is 0 Å². The summed E-state index contributed by atoms with van der Waals surface area (Å²) in [6.45, 7) is 3.90. The molecule has 118 valence electrons. The third-order valence-electron chi connectivity index (χ3n) is 3.07. The maximum Gasteiger partial charge on any atom is 0.246 e. The van der Waals surface area contributed by atoms with Crippen molar-refractivity contribution < 1.29 is 9.32 Å². The number of carbonyl (C=O) groups is 1. The minimum absolute atomic E-state index is 0.139. The summed E-state index contributed by atoms with van der Waals surface area (Å²) in [7, 11) is 0. The molecule has 7 heteroatoms. The number of hydrogen-bond acceptors (Lipinski definition) is 6. The van der Waals surface area contributed by atoms with Gasteiger partial charge in [-0.05, 0) is 26.0 Å². The highest BCUT2D eigenvalue weighted by Crippen LogP contribution is 2.25. The Morgan fingerprint density at radius 3 is 2.83 bits per heavy atom. The second kappa shape index (κ2) is 6.62. The molecule has 0 saturated carbocycles. The van der Waals surface area contributed by atoms with Gasteiger partial charge in [-0.2, -0.15) is 0 Å². The summed E-state index contributed by atoms with van der Waals surface area (Å²) < 4.78 is 4.95. The largest absolute Gasteiger partial charge is 0.376 e. The van der Waals surface area contributed by atoms with Crippen molar-refractivity contribution in [2.45, 2.75) is 13.8 Å². The number of aromatic nitrogens is 2. The van der Waals surface area contributed by atoms with Gasteiger partial charge in [0.1, 0.15) is 5.01 Å². The number of thiazole rings is 1. The van der Waals surface area contributed by atoms with Crippen molar-refractivity contribution in [3.8, 4) is 10.6 Å². The van der Waals surface area contributed by atoms with Gasteiger partial charge in [-0.1, -0.05) is 17.3 Å². The van der Waals surface area contributed by atoms with E-state index in [9.17, 15) is 4.79 Å². The van der Waals surface area contributed by atoms with E-state index in [0.717, 1.165) is 27.6 Å². The molecule has 6 nitrogen and oxygen atoms in total. The molecule has 3 aromatic rings. The predicted octanol–water partition coefficient (Wildman–Crippen LogP) is 3.47. The lowest BCUT2D eigenvalue weighted by Gasteiger charge is -2.07. The van der Waals surface area contributed by atoms with Crippen molar-refractivity contribution in [1.29, 1.82) is 0 Å². The van der Waals surface area contributed by atoms with Gasteiger partial charge in [-0.15, -0.1) is 11.3 Å². The van der Waals surface area contributed by atoms with Gasteiger partial charge in [0.05, 0.1) is 12.2 Å². The van der Waals surface area contributed by atoms with E-state index < -0.39 is 0 Å². The summed E-state index contributed by atoms with van der Waals surface area (Å²) in [6, 6.07) is 9.50. The van der Waals surface area contributed by atoms with Gasteiger partial charge in [0.15, 0.2) is 0 Å². The first kappa shape index (κ1) is 15.2. The number of carbonyl (C=O) groups excluding carboxylic acids is 1. The third-order valence-corrected chi connectivity index (χ3v) is 4.08. The van der Waals surface area contributed by atoms with Crippen LogP contribution in [0.15, 0.2) is 40.2 Å². The van der Waals surface area contributed by atoms with Crippen LogP contribution in [0.4, 0.5) is 11.6 Å². The van der Waals surface area contributed by atoms with Gasteiger partial charge >= 0.3 is 0 Å². The fourth-order valence-corrected chi connectivity index (χ4v) is 2.83. The first-order valence-corrected chi connectivity index (χ1v) is 7.98. The molecular weight excluding hydrogens is 312 g/mol. The normalized spacial score (nSPS) is 10.5. The molecule has 1 aromatic carbocycles. The average molecular weight is 328 g/mol. The molecule has 0 aliphatic rings. The molecule has 0 aliphatic heterocycles. The highest BCUT2D eigenvalue weighted by Gasteiger charge is 2.07. The van der Waals surface area contributed by atoms with E-state index >= 15 is 0 Å². The fourth-order valence-electron chi connectivity index (χ4n) is 2.04. The lowest BCUT2D eigenvalue weighted by atomic mass is 10.2. The van der Waals surface area contributed by atoms with Crippen LogP contribution in [-0.2, 0) is 4.79 Å². The summed E-state index contributed by atoms with van der Waals surface area (Å²) in [6.07, 6.45) is 0. The van der Waals surface area contributed by atoms with Gasteiger partial charge in [0.25, 0.3) is 0 Å². The zero-order valence-electron chi connectivity index (χ0n) is 12.8. The molecule has 0 unspecified atom stereocenters. The Bertz CT molecular complexity index is 825. The van der Waals surface area contributed by atoms with Crippen LogP contribution < -0.4 is 10.6 Å². The molecule has 0 bridgehead atoms. The van der Waals surface area contributed by atoms with Crippen molar-refractivity contribution in [3.63, 3.8) is 0 Å². The van der Waals surface area contributed by atoms with Crippen molar-refractivity contribution in [1.82, 2.24) is 10.1 Å². The van der Waals surface area contributed by atoms with Gasteiger partial charge < -0.3 is 9.84 Å². The Morgan fingerprint density at radius 2 is 2.13 bits per heavy atom. The van der Waals surface area contributed by atoms with Gasteiger partial charge in [-0.3, -0.25) is 10.1 Å². The molecule has 3 rings (SSSR count). The Kier molecular flexibility index (Phi) is 4.38. The monoisotopic (exact) mass is 328 g/mol.